The van der Waals surface area contributed by atoms with Crippen LogP contribution in [0.1, 0.15) is 24.2 Å². The number of thioether (sulfide) groups is 1. The van der Waals surface area contributed by atoms with Crippen molar-refractivity contribution in [3.63, 3.8) is 0 Å². The Morgan fingerprint density at radius 3 is 3.05 bits per heavy atom. The van der Waals surface area contributed by atoms with Crippen molar-refractivity contribution in [2.45, 2.75) is 25.1 Å². The van der Waals surface area contributed by atoms with E-state index in [0.29, 0.717) is 11.3 Å². The Labute approximate surface area is 117 Å². The van der Waals surface area contributed by atoms with Crippen molar-refractivity contribution >= 4 is 28.6 Å². The molecule has 0 bridgehead atoms. The van der Waals surface area contributed by atoms with Crippen LogP contribution >= 0.6 is 11.8 Å². The van der Waals surface area contributed by atoms with Crippen molar-refractivity contribution in [2.75, 3.05) is 12.3 Å². The fourth-order valence-corrected chi connectivity index (χ4v) is 3.75. The van der Waals surface area contributed by atoms with Crippen LogP contribution in [0.25, 0.3) is 10.9 Å². The lowest BCUT2D eigenvalue weighted by Crippen LogP contribution is -2.48. The molecule has 1 aromatic carbocycles. The van der Waals surface area contributed by atoms with Gasteiger partial charge in [0.1, 0.15) is 0 Å². The quantitative estimate of drug-likeness (QED) is 0.867. The Balaban J connectivity index is 1.97. The van der Waals surface area contributed by atoms with E-state index >= 15 is 0 Å². The molecule has 0 spiro atoms. The average Bonchev–Trinajstić information content (AvgIpc) is 2.89. The van der Waals surface area contributed by atoms with E-state index in [0.717, 1.165) is 28.8 Å². The van der Waals surface area contributed by atoms with Crippen LogP contribution in [-0.2, 0) is 0 Å². The van der Waals surface area contributed by atoms with Crippen molar-refractivity contribution < 1.29 is 4.79 Å². The number of hydrogen-bond acceptors (Lipinski definition) is 2. The summed E-state index contributed by atoms with van der Waals surface area (Å²) in [6.45, 7) is 5.19. The van der Waals surface area contributed by atoms with Crippen LogP contribution in [0.2, 0.25) is 0 Å². The number of carbonyl (C=O) groups excluding carboxylic acids is 1. The third kappa shape index (κ3) is 2.14. The Kier molecular flexibility index (Phi) is 3.27. The number of nitrogens with zero attached hydrogens (tertiary/aromatic N) is 1. The molecule has 1 aliphatic rings. The maximum Gasteiger partial charge on any atom is 0.254 e. The molecule has 3 rings (SSSR count). The molecule has 1 N–H and O–H groups in total. The van der Waals surface area contributed by atoms with Crippen molar-refractivity contribution in [3.05, 3.63) is 36.0 Å². The fraction of sp³-hybridized carbons (Fsp3) is 0.400. The van der Waals surface area contributed by atoms with E-state index in [-0.39, 0.29) is 5.91 Å². The summed E-state index contributed by atoms with van der Waals surface area (Å²) in [6, 6.07) is 8.15. The first kappa shape index (κ1) is 12.6. The summed E-state index contributed by atoms with van der Waals surface area (Å²) in [6.07, 6.45) is 1.89. The van der Waals surface area contributed by atoms with Crippen molar-refractivity contribution in [1.82, 2.24) is 9.88 Å². The number of fused-ring (bicyclic) bond motifs is 1. The molecular formula is C15H18N2OS. The van der Waals surface area contributed by atoms with Crippen molar-refractivity contribution in [3.8, 4) is 0 Å². The van der Waals surface area contributed by atoms with Crippen LogP contribution in [0.15, 0.2) is 30.5 Å². The smallest absolute Gasteiger partial charge is 0.254 e. The number of nitrogens with one attached hydrogen (secondary N) is 1. The lowest BCUT2D eigenvalue weighted by Gasteiger charge is -2.37. The summed E-state index contributed by atoms with van der Waals surface area (Å²) < 4.78 is 0. The van der Waals surface area contributed by atoms with Gasteiger partial charge in [-0.2, -0.15) is 11.8 Å². The SMILES string of the molecule is CC1SCCN(C(=O)c2cccc3[nH]ccc23)C1C. The van der Waals surface area contributed by atoms with Gasteiger partial charge in [-0.15, -0.1) is 0 Å². The average molecular weight is 274 g/mol. The van der Waals surface area contributed by atoms with E-state index < -0.39 is 0 Å². The normalized spacial score (nSPS) is 23.8. The highest BCUT2D eigenvalue weighted by molar-refractivity contribution is 8.00. The summed E-state index contributed by atoms with van der Waals surface area (Å²) in [5.74, 6) is 1.19. The van der Waals surface area contributed by atoms with E-state index in [2.05, 4.69) is 18.8 Å². The van der Waals surface area contributed by atoms with Crippen molar-refractivity contribution in [2.24, 2.45) is 0 Å². The number of aromatic amines is 1. The van der Waals surface area contributed by atoms with Gasteiger partial charge in [0.25, 0.3) is 5.91 Å². The van der Waals surface area contributed by atoms with Gasteiger partial charge in [-0.3, -0.25) is 4.79 Å². The second-order valence-electron chi connectivity index (χ2n) is 5.06. The first-order valence-electron chi connectivity index (χ1n) is 6.67. The number of aromatic nitrogens is 1. The lowest BCUT2D eigenvalue weighted by molar-refractivity contribution is 0.0700. The Morgan fingerprint density at radius 2 is 2.21 bits per heavy atom. The Hall–Kier alpha value is -1.42. The molecule has 2 heterocycles. The molecule has 100 valence electrons. The molecule has 1 saturated heterocycles. The minimum Gasteiger partial charge on any atom is -0.361 e. The zero-order chi connectivity index (χ0) is 13.4. The van der Waals surface area contributed by atoms with E-state index in [9.17, 15) is 4.79 Å². The Bertz CT molecular complexity index is 607. The summed E-state index contributed by atoms with van der Waals surface area (Å²) in [5.41, 5.74) is 1.84. The minimum absolute atomic E-state index is 0.157. The van der Waals surface area contributed by atoms with Gasteiger partial charge in [-0.1, -0.05) is 13.0 Å². The largest absolute Gasteiger partial charge is 0.361 e. The second kappa shape index (κ2) is 4.93. The molecule has 1 aromatic heterocycles. The molecule has 1 aliphatic heterocycles. The zero-order valence-electron chi connectivity index (χ0n) is 11.2. The van der Waals surface area contributed by atoms with Gasteiger partial charge >= 0.3 is 0 Å². The topological polar surface area (TPSA) is 36.1 Å². The highest BCUT2D eigenvalue weighted by Gasteiger charge is 2.30. The molecule has 4 heteroatoms. The summed E-state index contributed by atoms with van der Waals surface area (Å²) in [7, 11) is 0. The predicted octanol–water partition coefficient (Wildman–Crippen LogP) is 3.13. The van der Waals surface area contributed by atoms with E-state index in [1.807, 2.05) is 47.1 Å². The summed E-state index contributed by atoms with van der Waals surface area (Å²) in [5, 5.41) is 1.52. The first-order valence-corrected chi connectivity index (χ1v) is 7.72. The zero-order valence-corrected chi connectivity index (χ0v) is 12.0. The van der Waals surface area contributed by atoms with E-state index in [4.69, 9.17) is 0 Å². The molecule has 3 nitrogen and oxygen atoms in total. The molecule has 2 aromatic rings. The predicted molar refractivity (Wildman–Crippen MR) is 80.7 cm³/mol. The van der Waals surface area contributed by atoms with Crippen LogP contribution in [0.5, 0.6) is 0 Å². The number of carbonyl (C=O) groups is 1. The summed E-state index contributed by atoms with van der Waals surface area (Å²) in [4.78, 5) is 18.0. The third-order valence-corrected chi connectivity index (χ3v) is 5.31. The van der Waals surface area contributed by atoms with Crippen LogP contribution in [0, 0.1) is 0 Å². The molecule has 1 fully saturated rings. The van der Waals surface area contributed by atoms with Crippen molar-refractivity contribution in [1.29, 1.82) is 0 Å². The van der Waals surface area contributed by atoms with Crippen LogP contribution < -0.4 is 0 Å². The van der Waals surface area contributed by atoms with Gasteiger partial charge in [0.05, 0.1) is 0 Å². The number of benzene rings is 1. The maximum atomic E-state index is 12.8. The number of rotatable bonds is 1. The van der Waals surface area contributed by atoms with Crippen LogP contribution in [-0.4, -0.2) is 39.4 Å². The molecule has 2 atom stereocenters. The van der Waals surface area contributed by atoms with Crippen LogP contribution in [0.4, 0.5) is 0 Å². The van der Waals surface area contributed by atoms with E-state index in [1.54, 1.807) is 0 Å². The maximum absolute atomic E-state index is 12.8. The molecule has 0 radical (unpaired) electrons. The van der Waals surface area contributed by atoms with Gasteiger partial charge in [0.2, 0.25) is 0 Å². The van der Waals surface area contributed by atoms with Gasteiger partial charge in [-0.05, 0) is 25.1 Å². The standard InChI is InChI=1S/C15H18N2OS/c1-10-11(2)19-9-8-17(10)15(18)13-4-3-5-14-12(13)6-7-16-14/h3-7,10-11,16H,8-9H2,1-2H3. The van der Waals surface area contributed by atoms with Gasteiger partial charge in [0.15, 0.2) is 0 Å². The highest BCUT2D eigenvalue weighted by atomic mass is 32.2. The molecule has 0 aliphatic carbocycles. The number of hydrogen-bond donors (Lipinski definition) is 1. The molecule has 19 heavy (non-hydrogen) atoms. The highest BCUT2D eigenvalue weighted by Crippen LogP contribution is 2.27. The molecule has 2 unspecified atom stereocenters. The monoisotopic (exact) mass is 274 g/mol. The van der Waals surface area contributed by atoms with Gasteiger partial charge in [0, 0.05) is 46.3 Å². The fourth-order valence-electron chi connectivity index (χ4n) is 2.65. The minimum atomic E-state index is 0.157. The lowest BCUT2D eigenvalue weighted by atomic mass is 10.1. The number of amides is 1. The van der Waals surface area contributed by atoms with Gasteiger partial charge in [-0.25, -0.2) is 0 Å². The second-order valence-corrected chi connectivity index (χ2v) is 6.54. The number of H-pyrrole nitrogens is 1. The molecule has 1 amide bonds. The summed E-state index contributed by atoms with van der Waals surface area (Å²) >= 11 is 1.95. The first-order chi connectivity index (χ1) is 9.18. The van der Waals surface area contributed by atoms with Crippen LogP contribution in [0.3, 0.4) is 0 Å². The molecule has 0 saturated carbocycles. The third-order valence-electron chi connectivity index (χ3n) is 3.97. The van der Waals surface area contributed by atoms with E-state index in [1.165, 1.54) is 0 Å². The Morgan fingerprint density at radius 1 is 1.37 bits per heavy atom. The molecular weight excluding hydrogens is 256 g/mol. The van der Waals surface area contributed by atoms with Gasteiger partial charge < -0.3 is 9.88 Å².